The Morgan fingerprint density at radius 3 is 1.04 bits per heavy atom. The van der Waals surface area contributed by atoms with E-state index in [9.17, 15) is 28.8 Å². The van der Waals surface area contributed by atoms with Gasteiger partial charge in [0, 0.05) is 77.8 Å². The van der Waals surface area contributed by atoms with Crippen molar-refractivity contribution in [3.63, 3.8) is 0 Å². The highest BCUT2D eigenvalue weighted by molar-refractivity contribution is 5.77. The Bertz CT molecular complexity index is 920. The van der Waals surface area contributed by atoms with E-state index in [0.29, 0.717) is 77.8 Å². The van der Waals surface area contributed by atoms with Crippen molar-refractivity contribution in [2.75, 3.05) is 72.3 Å². The summed E-state index contributed by atoms with van der Waals surface area (Å²) in [7, 11) is 0. The predicted octanol–water partition coefficient (Wildman–Crippen LogP) is 2.40. The third-order valence-electron chi connectivity index (χ3n) is 7.75. The quantitative estimate of drug-likeness (QED) is 0.0522. The maximum Gasteiger partial charge on any atom is 0.222 e. The molecule has 15 heteroatoms. The lowest BCUT2D eigenvalue weighted by molar-refractivity contribution is -0.126. The summed E-state index contributed by atoms with van der Waals surface area (Å²) in [5.41, 5.74) is 0. The fourth-order valence-corrected chi connectivity index (χ4v) is 4.59. The van der Waals surface area contributed by atoms with Crippen LogP contribution < -0.4 is 31.9 Å². The molecule has 6 amide bonds. The van der Waals surface area contributed by atoms with Gasteiger partial charge < -0.3 is 46.1 Å². The standard InChI is InChI=1S/C37H70N6O9/c1-4-7-10-16-34(46)40-22-13-25-43-37(49)19-28-52-31(29-50-26-17-35(47)41-23-11-20-38-32(44)14-8-5-2)30-51-27-18-36(48)42-24-12-21-39-33(45)15-9-6-3/h31H,4-30H2,1-3H3,(H,38,44)(H,39,45)(H,40,46)(H,41,47)(H,42,48)(H,43,49). The fraction of sp³-hybridized carbons (Fsp3) is 0.838. The second-order valence-electron chi connectivity index (χ2n) is 12.7. The van der Waals surface area contributed by atoms with Crippen LogP contribution in [0.15, 0.2) is 0 Å². The van der Waals surface area contributed by atoms with Gasteiger partial charge in [0.05, 0.1) is 33.0 Å². The first-order valence-electron chi connectivity index (χ1n) is 19.6. The molecular formula is C37H70N6O9. The minimum atomic E-state index is -0.519. The molecule has 302 valence electrons. The van der Waals surface area contributed by atoms with Gasteiger partial charge in [0.25, 0.3) is 0 Å². The lowest BCUT2D eigenvalue weighted by Gasteiger charge is -2.18. The van der Waals surface area contributed by atoms with Crippen LogP contribution in [0.3, 0.4) is 0 Å². The molecule has 0 bridgehead atoms. The summed E-state index contributed by atoms with van der Waals surface area (Å²) in [6.45, 7) is 9.74. The number of ether oxygens (including phenoxy) is 3. The van der Waals surface area contributed by atoms with Gasteiger partial charge in [-0.2, -0.15) is 0 Å². The van der Waals surface area contributed by atoms with Crippen LogP contribution in [0.5, 0.6) is 0 Å². The third kappa shape index (κ3) is 33.8. The van der Waals surface area contributed by atoms with Crippen LogP contribution in [0.4, 0.5) is 0 Å². The Morgan fingerprint density at radius 1 is 0.385 bits per heavy atom. The molecule has 0 fully saturated rings. The number of carbonyl (C=O) groups is 6. The van der Waals surface area contributed by atoms with E-state index >= 15 is 0 Å². The Labute approximate surface area is 311 Å². The second kappa shape index (κ2) is 36.1. The molecule has 0 aliphatic rings. The van der Waals surface area contributed by atoms with Gasteiger partial charge >= 0.3 is 0 Å². The van der Waals surface area contributed by atoms with Crippen molar-refractivity contribution in [2.45, 2.75) is 130 Å². The lowest BCUT2D eigenvalue weighted by Crippen LogP contribution is -2.32. The molecule has 0 aromatic carbocycles. The smallest absolute Gasteiger partial charge is 0.222 e. The fourth-order valence-electron chi connectivity index (χ4n) is 4.59. The zero-order valence-corrected chi connectivity index (χ0v) is 32.3. The Morgan fingerprint density at radius 2 is 0.692 bits per heavy atom. The van der Waals surface area contributed by atoms with E-state index in [1.807, 2.05) is 13.8 Å². The van der Waals surface area contributed by atoms with E-state index in [1.165, 1.54) is 0 Å². The van der Waals surface area contributed by atoms with Gasteiger partial charge in [-0.1, -0.05) is 46.5 Å². The molecule has 0 spiro atoms. The minimum absolute atomic E-state index is 0.0255. The first-order valence-corrected chi connectivity index (χ1v) is 19.6. The lowest BCUT2D eigenvalue weighted by atomic mass is 10.2. The summed E-state index contributed by atoms with van der Waals surface area (Å²) in [5, 5.41) is 17.0. The van der Waals surface area contributed by atoms with Crippen molar-refractivity contribution in [3.8, 4) is 0 Å². The summed E-state index contributed by atoms with van der Waals surface area (Å²) >= 11 is 0. The van der Waals surface area contributed by atoms with Crippen LogP contribution >= 0.6 is 0 Å². The highest BCUT2D eigenvalue weighted by Gasteiger charge is 2.13. The number of rotatable bonds is 36. The molecule has 0 rings (SSSR count). The molecule has 52 heavy (non-hydrogen) atoms. The van der Waals surface area contributed by atoms with Crippen molar-refractivity contribution in [3.05, 3.63) is 0 Å². The minimum Gasteiger partial charge on any atom is -0.378 e. The summed E-state index contributed by atoms with van der Waals surface area (Å²) < 4.78 is 17.2. The molecule has 0 aliphatic carbocycles. The summed E-state index contributed by atoms with van der Waals surface area (Å²) in [5.74, 6) is -0.420. The van der Waals surface area contributed by atoms with Crippen LogP contribution in [0, 0.1) is 0 Å². The number of amides is 6. The highest BCUT2D eigenvalue weighted by Crippen LogP contribution is 2.01. The topological polar surface area (TPSA) is 202 Å². The molecule has 0 saturated carbocycles. The average Bonchev–Trinajstić information content (AvgIpc) is 3.12. The summed E-state index contributed by atoms with van der Waals surface area (Å²) in [6.07, 6.45) is 10.00. The van der Waals surface area contributed by atoms with E-state index < -0.39 is 6.10 Å². The number of hydrogen-bond acceptors (Lipinski definition) is 9. The van der Waals surface area contributed by atoms with Crippen LogP contribution in [-0.4, -0.2) is 114 Å². The maximum absolute atomic E-state index is 12.3. The number of unbranched alkanes of at least 4 members (excludes halogenated alkanes) is 4. The number of nitrogens with one attached hydrogen (secondary N) is 6. The van der Waals surface area contributed by atoms with Gasteiger partial charge in [0.2, 0.25) is 35.4 Å². The maximum atomic E-state index is 12.3. The zero-order valence-electron chi connectivity index (χ0n) is 32.3. The first-order chi connectivity index (χ1) is 25.2. The van der Waals surface area contributed by atoms with Gasteiger partial charge in [-0.3, -0.25) is 28.8 Å². The first kappa shape index (κ1) is 48.7. The molecule has 0 radical (unpaired) electrons. The molecular weight excluding hydrogens is 672 g/mol. The number of hydrogen-bond donors (Lipinski definition) is 6. The van der Waals surface area contributed by atoms with E-state index in [0.717, 1.165) is 44.9 Å². The van der Waals surface area contributed by atoms with Crippen molar-refractivity contribution in [1.82, 2.24) is 31.9 Å². The Balaban J connectivity index is 4.42. The van der Waals surface area contributed by atoms with Gasteiger partial charge in [0.15, 0.2) is 0 Å². The van der Waals surface area contributed by atoms with Crippen molar-refractivity contribution in [1.29, 1.82) is 0 Å². The molecule has 6 N–H and O–H groups in total. The van der Waals surface area contributed by atoms with Crippen LogP contribution in [0.2, 0.25) is 0 Å². The SMILES string of the molecule is CCCCCC(=O)NCCCNC(=O)CCOC(COCCC(=O)NCCCNC(=O)CCCC)COCCC(=O)NCCCNC(=O)CCCC. The zero-order chi connectivity index (χ0) is 38.5. The molecule has 0 aromatic heterocycles. The molecule has 15 nitrogen and oxygen atoms in total. The molecule has 0 atom stereocenters. The van der Waals surface area contributed by atoms with Gasteiger partial charge in [-0.25, -0.2) is 0 Å². The second-order valence-corrected chi connectivity index (χ2v) is 12.7. The molecule has 0 aromatic rings. The average molecular weight is 743 g/mol. The van der Waals surface area contributed by atoms with E-state index in [-0.39, 0.29) is 87.7 Å². The van der Waals surface area contributed by atoms with Crippen LogP contribution in [-0.2, 0) is 43.0 Å². The van der Waals surface area contributed by atoms with Crippen LogP contribution in [0.25, 0.3) is 0 Å². The summed E-state index contributed by atoms with van der Waals surface area (Å²) in [4.78, 5) is 71.8. The van der Waals surface area contributed by atoms with Crippen molar-refractivity contribution in [2.24, 2.45) is 0 Å². The normalized spacial score (nSPS) is 10.8. The number of carbonyl (C=O) groups excluding carboxylic acids is 6. The van der Waals surface area contributed by atoms with Gasteiger partial charge in [-0.15, -0.1) is 0 Å². The third-order valence-corrected chi connectivity index (χ3v) is 7.75. The van der Waals surface area contributed by atoms with E-state index in [1.54, 1.807) is 0 Å². The molecule has 0 heterocycles. The van der Waals surface area contributed by atoms with Crippen molar-refractivity contribution < 1.29 is 43.0 Å². The molecule has 0 saturated heterocycles. The van der Waals surface area contributed by atoms with E-state index in [4.69, 9.17) is 14.2 Å². The monoisotopic (exact) mass is 743 g/mol. The van der Waals surface area contributed by atoms with E-state index in [2.05, 4.69) is 38.8 Å². The molecule has 0 aliphatic heterocycles. The van der Waals surface area contributed by atoms with Crippen molar-refractivity contribution >= 4 is 35.4 Å². The largest absolute Gasteiger partial charge is 0.378 e. The Hall–Kier alpha value is -3.30. The van der Waals surface area contributed by atoms with Gasteiger partial charge in [-0.05, 0) is 38.5 Å². The van der Waals surface area contributed by atoms with Crippen LogP contribution in [0.1, 0.15) is 124 Å². The Kier molecular flexibility index (Phi) is 33.8. The molecule has 0 unspecified atom stereocenters. The highest BCUT2D eigenvalue weighted by atomic mass is 16.6. The summed E-state index contributed by atoms with van der Waals surface area (Å²) in [6, 6.07) is 0. The van der Waals surface area contributed by atoms with Gasteiger partial charge in [0.1, 0.15) is 6.10 Å². The predicted molar refractivity (Wildman–Crippen MR) is 200 cm³/mol.